The highest BCUT2D eigenvalue weighted by molar-refractivity contribution is 5.78. The molecule has 1 aromatic carbocycles. The fourth-order valence-electron chi connectivity index (χ4n) is 2.52. The molecule has 1 saturated heterocycles. The molecule has 1 N–H and O–H groups in total. The van der Waals surface area contributed by atoms with Crippen LogP contribution in [0.3, 0.4) is 0 Å². The van der Waals surface area contributed by atoms with Gasteiger partial charge in [0.25, 0.3) is 0 Å². The van der Waals surface area contributed by atoms with Crippen molar-refractivity contribution in [3.63, 3.8) is 0 Å². The Bertz CT molecular complexity index is 453. The average molecular weight is 282 g/mol. The van der Waals surface area contributed by atoms with E-state index in [1.165, 1.54) is 18.2 Å². The lowest BCUT2D eigenvalue weighted by Crippen LogP contribution is -2.41. The first-order valence-electron chi connectivity index (χ1n) is 7.04. The van der Waals surface area contributed by atoms with Gasteiger partial charge in [-0.05, 0) is 38.3 Å². The zero-order valence-corrected chi connectivity index (χ0v) is 11.7. The van der Waals surface area contributed by atoms with Crippen molar-refractivity contribution < 1.29 is 13.6 Å². The van der Waals surface area contributed by atoms with E-state index in [0.717, 1.165) is 32.4 Å². The van der Waals surface area contributed by atoms with E-state index in [1.54, 1.807) is 11.8 Å². The molecule has 0 saturated carbocycles. The summed E-state index contributed by atoms with van der Waals surface area (Å²) in [7, 11) is 0. The van der Waals surface area contributed by atoms with Crippen molar-refractivity contribution >= 4 is 5.91 Å². The largest absolute Gasteiger partial charge is 0.342 e. The molecule has 1 atom stereocenters. The standard InChI is InChI=1S/C15H20F2N2O/c1-11(15-12(16)6-5-7-13(15)17)18-10-14(20)19-8-3-2-4-9-19/h5-7,11,18H,2-4,8-10H2,1H3. The predicted octanol–water partition coefficient (Wildman–Crippen LogP) is 2.63. The zero-order valence-electron chi connectivity index (χ0n) is 11.7. The molecule has 1 amide bonds. The lowest BCUT2D eigenvalue weighted by molar-refractivity contribution is -0.131. The first kappa shape index (κ1) is 14.9. The van der Waals surface area contributed by atoms with Crippen molar-refractivity contribution in [2.45, 2.75) is 32.2 Å². The average Bonchev–Trinajstić information content (AvgIpc) is 2.45. The molecule has 5 heteroatoms. The predicted molar refractivity (Wildman–Crippen MR) is 73.2 cm³/mol. The Labute approximate surface area is 118 Å². The van der Waals surface area contributed by atoms with Crippen molar-refractivity contribution in [3.05, 3.63) is 35.4 Å². The number of likely N-dealkylation sites (tertiary alicyclic amines) is 1. The Kier molecular flexibility index (Phi) is 5.06. The number of carbonyl (C=O) groups is 1. The van der Waals surface area contributed by atoms with Gasteiger partial charge in [0, 0.05) is 24.7 Å². The molecule has 3 nitrogen and oxygen atoms in total. The van der Waals surface area contributed by atoms with Gasteiger partial charge in [-0.2, -0.15) is 0 Å². The van der Waals surface area contributed by atoms with Gasteiger partial charge in [0.05, 0.1) is 6.54 Å². The highest BCUT2D eigenvalue weighted by atomic mass is 19.1. The van der Waals surface area contributed by atoms with Crippen LogP contribution in [0.1, 0.15) is 37.8 Å². The maximum atomic E-state index is 13.6. The zero-order chi connectivity index (χ0) is 14.5. The van der Waals surface area contributed by atoms with Crippen LogP contribution in [-0.4, -0.2) is 30.4 Å². The maximum Gasteiger partial charge on any atom is 0.236 e. The van der Waals surface area contributed by atoms with E-state index >= 15 is 0 Å². The van der Waals surface area contributed by atoms with Crippen LogP contribution in [0, 0.1) is 11.6 Å². The minimum absolute atomic E-state index is 0.00621. The van der Waals surface area contributed by atoms with E-state index in [-0.39, 0.29) is 18.0 Å². The molecule has 1 heterocycles. The fraction of sp³-hybridized carbons (Fsp3) is 0.533. The molecule has 0 aliphatic carbocycles. The van der Waals surface area contributed by atoms with Crippen LogP contribution in [-0.2, 0) is 4.79 Å². The number of piperidine rings is 1. The van der Waals surface area contributed by atoms with Crippen LogP contribution in [0.15, 0.2) is 18.2 Å². The number of amides is 1. The molecule has 1 unspecified atom stereocenters. The summed E-state index contributed by atoms with van der Waals surface area (Å²) < 4.78 is 27.2. The lowest BCUT2D eigenvalue weighted by atomic mass is 10.1. The molecule has 2 rings (SSSR count). The summed E-state index contributed by atoms with van der Waals surface area (Å²) >= 11 is 0. The maximum absolute atomic E-state index is 13.6. The number of hydrogen-bond donors (Lipinski definition) is 1. The lowest BCUT2D eigenvalue weighted by Gasteiger charge is -2.27. The van der Waals surface area contributed by atoms with Crippen LogP contribution in [0.2, 0.25) is 0 Å². The Balaban J connectivity index is 1.91. The second-order valence-electron chi connectivity index (χ2n) is 5.18. The molecule has 0 radical (unpaired) electrons. The van der Waals surface area contributed by atoms with Crippen molar-refractivity contribution in [2.75, 3.05) is 19.6 Å². The molecule has 1 fully saturated rings. The van der Waals surface area contributed by atoms with Crippen molar-refractivity contribution in [2.24, 2.45) is 0 Å². The van der Waals surface area contributed by atoms with Gasteiger partial charge >= 0.3 is 0 Å². The Morgan fingerprint density at radius 2 is 1.85 bits per heavy atom. The molecule has 0 spiro atoms. The second-order valence-corrected chi connectivity index (χ2v) is 5.18. The quantitative estimate of drug-likeness (QED) is 0.920. The van der Waals surface area contributed by atoms with Crippen molar-refractivity contribution in [3.8, 4) is 0 Å². The van der Waals surface area contributed by atoms with Gasteiger partial charge in [-0.1, -0.05) is 6.07 Å². The van der Waals surface area contributed by atoms with Gasteiger partial charge in [-0.15, -0.1) is 0 Å². The van der Waals surface area contributed by atoms with Crippen LogP contribution in [0.4, 0.5) is 8.78 Å². The van der Waals surface area contributed by atoms with E-state index in [1.807, 2.05) is 0 Å². The number of hydrogen-bond acceptors (Lipinski definition) is 2. The van der Waals surface area contributed by atoms with Gasteiger partial charge in [-0.3, -0.25) is 4.79 Å². The van der Waals surface area contributed by atoms with Gasteiger partial charge < -0.3 is 10.2 Å². The van der Waals surface area contributed by atoms with Crippen LogP contribution >= 0.6 is 0 Å². The second kappa shape index (κ2) is 6.79. The monoisotopic (exact) mass is 282 g/mol. The highest BCUT2D eigenvalue weighted by Gasteiger charge is 2.19. The molecule has 20 heavy (non-hydrogen) atoms. The van der Waals surface area contributed by atoms with E-state index < -0.39 is 17.7 Å². The Morgan fingerprint density at radius 1 is 1.25 bits per heavy atom. The van der Waals surface area contributed by atoms with Crippen molar-refractivity contribution in [1.82, 2.24) is 10.2 Å². The summed E-state index contributed by atoms with van der Waals surface area (Å²) in [4.78, 5) is 13.8. The van der Waals surface area contributed by atoms with E-state index in [0.29, 0.717) is 0 Å². The highest BCUT2D eigenvalue weighted by Crippen LogP contribution is 2.20. The van der Waals surface area contributed by atoms with E-state index in [9.17, 15) is 13.6 Å². The van der Waals surface area contributed by atoms with Crippen LogP contribution in [0.5, 0.6) is 0 Å². The summed E-state index contributed by atoms with van der Waals surface area (Å²) in [5, 5.41) is 2.91. The number of nitrogens with one attached hydrogen (secondary N) is 1. The number of rotatable bonds is 4. The molecule has 110 valence electrons. The summed E-state index contributed by atoms with van der Waals surface area (Å²) in [6, 6.07) is 3.25. The summed E-state index contributed by atoms with van der Waals surface area (Å²) in [5.41, 5.74) is -0.0149. The third kappa shape index (κ3) is 3.54. The number of benzene rings is 1. The Hall–Kier alpha value is -1.49. The number of carbonyl (C=O) groups excluding carboxylic acids is 1. The minimum Gasteiger partial charge on any atom is -0.342 e. The van der Waals surface area contributed by atoms with Crippen LogP contribution in [0.25, 0.3) is 0 Å². The summed E-state index contributed by atoms with van der Waals surface area (Å²) in [6.45, 7) is 3.33. The molecule has 0 aromatic heterocycles. The van der Waals surface area contributed by atoms with E-state index in [4.69, 9.17) is 0 Å². The smallest absolute Gasteiger partial charge is 0.236 e. The van der Waals surface area contributed by atoms with E-state index in [2.05, 4.69) is 5.32 Å². The normalized spacial score (nSPS) is 17.1. The molecule has 1 aliphatic heterocycles. The topological polar surface area (TPSA) is 32.3 Å². The third-order valence-corrected chi connectivity index (χ3v) is 3.70. The fourth-order valence-corrected chi connectivity index (χ4v) is 2.52. The van der Waals surface area contributed by atoms with Crippen LogP contribution < -0.4 is 5.32 Å². The first-order chi connectivity index (χ1) is 9.59. The molecular formula is C15H20F2N2O. The Morgan fingerprint density at radius 3 is 2.45 bits per heavy atom. The van der Waals surface area contributed by atoms with Gasteiger partial charge in [0.2, 0.25) is 5.91 Å². The number of halogens is 2. The SMILES string of the molecule is CC(NCC(=O)N1CCCCC1)c1c(F)cccc1F. The molecular weight excluding hydrogens is 262 g/mol. The van der Waals surface area contributed by atoms with Gasteiger partial charge in [0.1, 0.15) is 11.6 Å². The van der Waals surface area contributed by atoms with Gasteiger partial charge in [0.15, 0.2) is 0 Å². The number of nitrogens with zero attached hydrogens (tertiary/aromatic N) is 1. The summed E-state index contributed by atoms with van der Waals surface area (Å²) in [6.07, 6.45) is 3.22. The molecule has 1 aliphatic rings. The molecule has 0 bridgehead atoms. The van der Waals surface area contributed by atoms with Gasteiger partial charge in [-0.25, -0.2) is 8.78 Å². The summed E-state index contributed by atoms with van der Waals surface area (Å²) in [5.74, 6) is -1.18. The van der Waals surface area contributed by atoms with Crippen molar-refractivity contribution in [1.29, 1.82) is 0 Å². The first-order valence-corrected chi connectivity index (χ1v) is 7.04. The minimum atomic E-state index is -0.588. The molecule has 1 aromatic rings. The third-order valence-electron chi connectivity index (χ3n) is 3.70.